The summed E-state index contributed by atoms with van der Waals surface area (Å²) in [4.78, 5) is 11.1. The fourth-order valence-electron chi connectivity index (χ4n) is 3.80. The van der Waals surface area contributed by atoms with Crippen LogP contribution in [0.3, 0.4) is 0 Å². The maximum Gasteiger partial charge on any atom is 0.233 e. The molecule has 0 fully saturated rings. The third kappa shape index (κ3) is 5.09. The van der Waals surface area contributed by atoms with E-state index in [1.54, 1.807) is 0 Å². The van der Waals surface area contributed by atoms with E-state index in [9.17, 15) is 18.4 Å². The highest BCUT2D eigenvalue weighted by atomic mass is 32.2. The van der Waals surface area contributed by atoms with Crippen LogP contribution in [0.1, 0.15) is 63.1 Å². The molecule has 1 unspecified atom stereocenters. The van der Waals surface area contributed by atoms with E-state index in [-0.39, 0.29) is 11.7 Å². The fourth-order valence-corrected chi connectivity index (χ4v) is 5.58. The number of hydrogen-bond donors (Lipinski definition) is 1. The molecule has 0 aliphatic carbocycles. The molecule has 1 amide bonds. The number of hydrogen-bond acceptors (Lipinski definition) is 4. The highest BCUT2D eigenvalue weighted by Gasteiger charge is 2.34. The van der Waals surface area contributed by atoms with E-state index in [1.165, 1.54) is 15.4 Å². The predicted octanol–water partition coefficient (Wildman–Crippen LogP) is 3.15. The molecule has 6 nitrogen and oxygen atoms in total. The molecule has 0 saturated carbocycles. The average molecular weight is 397 g/mol. The van der Waals surface area contributed by atoms with Gasteiger partial charge in [-0.05, 0) is 34.9 Å². The highest BCUT2D eigenvalue weighted by molar-refractivity contribution is 7.89. The summed E-state index contributed by atoms with van der Waals surface area (Å²) in [7, 11) is -3.60. The Morgan fingerprint density at radius 3 is 2.44 bits per heavy atom. The summed E-state index contributed by atoms with van der Waals surface area (Å²) in [6, 6.07) is 5.54. The molecule has 152 valence electrons. The molecular formula is C20H32N2O4S. The second kappa shape index (κ2) is 9.17. The van der Waals surface area contributed by atoms with Gasteiger partial charge in [-0.1, -0.05) is 58.7 Å². The van der Waals surface area contributed by atoms with Crippen LogP contribution in [-0.4, -0.2) is 47.7 Å². The molecule has 1 aromatic rings. The van der Waals surface area contributed by atoms with Gasteiger partial charge >= 0.3 is 0 Å². The van der Waals surface area contributed by atoms with E-state index in [0.717, 1.165) is 5.56 Å². The number of carbonyl (C=O) groups excluding carboxylic acids is 1. The first-order chi connectivity index (χ1) is 12.7. The third-order valence-corrected chi connectivity index (χ3v) is 7.55. The normalized spacial score (nSPS) is 16.4. The summed E-state index contributed by atoms with van der Waals surface area (Å²) in [5, 5.41) is 10.5. The van der Waals surface area contributed by atoms with Crippen molar-refractivity contribution in [2.75, 3.05) is 12.3 Å². The highest BCUT2D eigenvalue weighted by Crippen LogP contribution is 2.27. The average Bonchev–Trinajstić information content (AvgIpc) is 2.66. The van der Waals surface area contributed by atoms with E-state index >= 15 is 0 Å². The van der Waals surface area contributed by atoms with Crippen molar-refractivity contribution >= 4 is 16.4 Å². The van der Waals surface area contributed by atoms with E-state index < -0.39 is 16.1 Å². The summed E-state index contributed by atoms with van der Waals surface area (Å²) < 4.78 is 27.5. The van der Waals surface area contributed by atoms with Gasteiger partial charge in [-0.3, -0.25) is 10.0 Å². The zero-order chi connectivity index (χ0) is 20.2. The molecule has 2 rings (SSSR count). The van der Waals surface area contributed by atoms with E-state index in [4.69, 9.17) is 0 Å². The standard InChI is InChI=1S/C20H32N2O4S/c1-5-16(6-2)20(22(24)14-23)13-27(25,26)21-10-9-18-11-17(15(3)4)7-8-19(18)12-21/h7-8,11,14-16,20,24H,5-6,9-10,12-13H2,1-4H3. The van der Waals surface area contributed by atoms with Crippen molar-refractivity contribution in [3.8, 4) is 0 Å². The zero-order valence-corrected chi connectivity index (χ0v) is 17.6. The lowest BCUT2D eigenvalue weighted by molar-refractivity contribution is -0.163. The van der Waals surface area contributed by atoms with Crippen molar-refractivity contribution in [3.05, 3.63) is 34.9 Å². The minimum absolute atomic E-state index is 0.0688. The minimum atomic E-state index is -3.60. The smallest absolute Gasteiger partial charge is 0.233 e. The van der Waals surface area contributed by atoms with Crippen LogP contribution in [0.2, 0.25) is 0 Å². The Labute approximate surface area is 163 Å². The van der Waals surface area contributed by atoms with Gasteiger partial charge in [0.05, 0.1) is 11.8 Å². The third-order valence-electron chi connectivity index (χ3n) is 5.69. The summed E-state index contributed by atoms with van der Waals surface area (Å²) in [6.45, 7) is 8.95. The molecule has 0 saturated heterocycles. The first kappa shape index (κ1) is 21.9. The quantitative estimate of drug-likeness (QED) is 0.395. The lowest BCUT2D eigenvalue weighted by Crippen LogP contribution is -2.47. The van der Waals surface area contributed by atoms with Crippen LogP contribution in [0.15, 0.2) is 18.2 Å². The molecule has 1 atom stereocenters. The van der Waals surface area contributed by atoms with Crippen molar-refractivity contribution in [1.82, 2.24) is 9.37 Å². The van der Waals surface area contributed by atoms with Crippen molar-refractivity contribution in [3.63, 3.8) is 0 Å². The second-order valence-corrected chi connectivity index (χ2v) is 9.69. The number of nitrogens with zero attached hydrogens (tertiary/aromatic N) is 2. The van der Waals surface area contributed by atoms with Crippen LogP contribution in [0, 0.1) is 5.92 Å². The molecule has 1 aliphatic rings. The van der Waals surface area contributed by atoms with E-state index in [1.807, 2.05) is 19.9 Å². The van der Waals surface area contributed by atoms with Gasteiger partial charge in [0, 0.05) is 13.1 Å². The summed E-state index contributed by atoms with van der Waals surface area (Å²) in [5.74, 6) is 0.117. The maximum absolute atomic E-state index is 13.0. The molecular weight excluding hydrogens is 364 g/mol. The molecule has 0 radical (unpaired) electrons. The number of rotatable bonds is 9. The SMILES string of the molecule is CCC(CC)C(CS(=O)(=O)N1CCc2cc(C(C)C)ccc2C1)N(O)C=O. The Hall–Kier alpha value is -1.44. The molecule has 1 aromatic carbocycles. The van der Waals surface area contributed by atoms with Crippen LogP contribution in [-0.2, 0) is 27.8 Å². The Kier molecular flexibility index (Phi) is 7.42. The van der Waals surface area contributed by atoms with Crippen molar-refractivity contribution in [2.45, 2.75) is 65.5 Å². The van der Waals surface area contributed by atoms with E-state index in [0.29, 0.717) is 49.7 Å². The zero-order valence-electron chi connectivity index (χ0n) is 16.8. The van der Waals surface area contributed by atoms with Gasteiger partial charge in [0.1, 0.15) is 0 Å². The topological polar surface area (TPSA) is 77.9 Å². The van der Waals surface area contributed by atoms with Gasteiger partial charge in [0.15, 0.2) is 0 Å². The molecule has 0 bridgehead atoms. The molecule has 1 N–H and O–H groups in total. The second-order valence-electron chi connectivity index (χ2n) is 7.67. The first-order valence-corrected chi connectivity index (χ1v) is 11.4. The molecule has 1 heterocycles. The van der Waals surface area contributed by atoms with Crippen molar-refractivity contribution in [2.24, 2.45) is 5.92 Å². The maximum atomic E-state index is 13.0. The number of sulfonamides is 1. The summed E-state index contributed by atoms with van der Waals surface area (Å²) in [5.41, 5.74) is 3.51. The Balaban J connectivity index is 2.20. The lowest BCUT2D eigenvalue weighted by atomic mass is 9.94. The fraction of sp³-hybridized carbons (Fsp3) is 0.650. The Bertz CT molecular complexity index is 744. The Morgan fingerprint density at radius 1 is 1.22 bits per heavy atom. The van der Waals surface area contributed by atoms with Gasteiger partial charge in [0.25, 0.3) is 0 Å². The first-order valence-electron chi connectivity index (χ1n) is 9.75. The van der Waals surface area contributed by atoms with Crippen molar-refractivity contribution in [1.29, 1.82) is 0 Å². The van der Waals surface area contributed by atoms with Gasteiger partial charge in [-0.15, -0.1) is 0 Å². The van der Waals surface area contributed by atoms with Gasteiger partial charge in [-0.25, -0.2) is 13.5 Å². The van der Waals surface area contributed by atoms with Crippen molar-refractivity contribution < 1.29 is 18.4 Å². The van der Waals surface area contributed by atoms with Crippen LogP contribution < -0.4 is 0 Å². The van der Waals surface area contributed by atoms with E-state index in [2.05, 4.69) is 26.0 Å². The van der Waals surface area contributed by atoms with Crippen LogP contribution >= 0.6 is 0 Å². The van der Waals surface area contributed by atoms with Gasteiger partial charge < -0.3 is 0 Å². The lowest BCUT2D eigenvalue weighted by Gasteiger charge is -2.33. The molecule has 1 aliphatic heterocycles. The number of carbonyl (C=O) groups is 1. The molecule has 27 heavy (non-hydrogen) atoms. The largest absolute Gasteiger partial charge is 0.286 e. The molecule has 7 heteroatoms. The predicted molar refractivity (Wildman–Crippen MR) is 106 cm³/mol. The molecule has 0 aromatic heterocycles. The van der Waals surface area contributed by atoms with Gasteiger partial charge in [-0.2, -0.15) is 4.31 Å². The van der Waals surface area contributed by atoms with Crippen LogP contribution in [0.4, 0.5) is 0 Å². The minimum Gasteiger partial charge on any atom is -0.286 e. The number of fused-ring (bicyclic) bond motifs is 1. The number of amides is 1. The summed E-state index contributed by atoms with van der Waals surface area (Å²) >= 11 is 0. The number of hydroxylamine groups is 2. The van der Waals surface area contributed by atoms with Gasteiger partial charge in [0.2, 0.25) is 16.4 Å². The molecule has 0 spiro atoms. The number of benzene rings is 1. The summed E-state index contributed by atoms with van der Waals surface area (Å²) in [6.07, 6.45) is 2.38. The van der Waals surface area contributed by atoms with Crippen LogP contribution in [0.25, 0.3) is 0 Å². The van der Waals surface area contributed by atoms with Crippen LogP contribution in [0.5, 0.6) is 0 Å². The monoisotopic (exact) mass is 396 g/mol. The Morgan fingerprint density at radius 2 is 1.89 bits per heavy atom.